The predicted molar refractivity (Wildman–Crippen MR) is 70.6 cm³/mol. The summed E-state index contributed by atoms with van der Waals surface area (Å²) in [7, 11) is -3.22. The molecular weight excluding hydrogens is 250 g/mol. The van der Waals surface area contributed by atoms with Gasteiger partial charge in [-0.1, -0.05) is 0 Å². The Labute approximate surface area is 108 Å². The summed E-state index contributed by atoms with van der Waals surface area (Å²) in [6, 6.07) is 1.97. The van der Waals surface area contributed by atoms with E-state index >= 15 is 0 Å². The van der Waals surface area contributed by atoms with Crippen LogP contribution in [0.3, 0.4) is 0 Å². The van der Waals surface area contributed by atoms with Crippen molar-refractivity contribution < 1.29 is 8.42 Å². The van der Waals surface area contributed by atoms with Crippen molar-refractivity contribution in [1.29, 1.82) is 0 Å². The molecule has 1 fully saturated rings. The average molecular weight is 269 g/mol. The fourth-order valence-electron chi connectivity index (χ4n) is 2.09. The molecular formula is C12H19N3O2S. The number of nitrogens with one attached hydrogen (secondary N) is 2. The van der Waals surface area contributed by atoms with Crippen LogP contribution in [0.2, 0.25) is 0 Å². The van der Waals surface area contributed by atoms with Crippen LogP contribution in [0.1, 0.15) is 24.0 Å². The molecule has 0 aliphatic carbocycles. The van der Waals surface area contributed by atoms with E-state index in [2.05, 4.69) is 15.0 Å². The van der Waals surface area contributed by atoms with Gasteiger partial charge in [0.2, 0.25) is 10.0 Å². The van der Waals surface area contributed by atoms with Crippen molar-refractivity contribution in [1.82, 2.24) is 15.0 Å². The Kier molecular flexibility index (Phi) is 4.31. The topological polar surface area (TPSA) is 71.1 Å². The number of aromatic nitrogens is 1. The highest BCUT2D eigenvalue weighted by atomic mass is 32.2. The minimum atomic E-state index is -3.22. The molecule has 100 valence electrons. The molecule has 0 aromatic carbocycles. The van der Waals surface area contributed by atoms with Crippen molar-refractivity contribution in [2.75, 3.05) is 12.3 Å². The highest BCUT2D eigenvalue weighted by molar-refractivity contribution is 7.89. The fourth-order valence-corrected chi connectivity index (χ4v) is 3.40. The summed E-state index contributed by atoms with van der Waals surface area (Å²) in [6.07, 6.45) is 5.40. The maximum Gasteiger partial charge on any atom is 0.213 e. The summed E-state index contributed by atoms with van der Waals surface area (Å²) < 4.78 is 26.4. The van der Waals surface area contributed by atoms with Gasteiger partial charge in [-0.05, 0) is 43.5 Å². The molecule has 1 unspecified atom stereocenters. The second-order valence-electron chi connectivity index (χ2n) is 4.70. The van der Waals surface area contributed by atoms with Crippen molar-refractivity contribution in [3.63, 3.8) is 0 Å². The van der Waals surface area contributed by atoms with Crippen LogP contribution >= 0.6 is 0 Å². The van der Waals surface area contributed by atoms with Gasteiger partial charge in [-0.25, -0.2) is 13.1 Å². The predicted octanol–water partition coefficient (Wildman–Crippen LogP) is 0.561. The molecule has 1 aromatic heterocycles. The van der Waals surface area contributed by atoms with Gasteiger partial charge >= 0.3 is 0 Å². The minimum absolute atomic E-state index is 0.0949. The van der Waals surface area contributed by atoms with E-state index in [-0.39, 0.29) is 11.8 Å². The van der Waals surface area contributed by atoms with Crippen LogP contribution in [0.15, 0.2) is 18.5 Å². The molecule has 1 aliphatic rings. The first-order valence-corrected chi connectivity index (χ1v) is 7.82. The molecule has 2 N–H and O–H groups in total. The van der Waals surface area contributed by atoms with E-state index in [1.807, 2.05) is 13.0 Å². The molecule has 0 radical (unpaired) electrons. The zero-order valence-electron chi connectivity index (χ0n) is 10.5. The van der Waals surface area contributed by atoms with E-state index in [9.17, 15) is 8.42 Å². The molecule has 2 heterocycles. The van der Waals surface area contributed by atoms with E-state index in [1.54, 1.807) is 12.4 Å². The lowest BCUT2D eigenvalue weighted by atomic mass is 10.2. The Morgan fingerprint density at radius 1 is 1.56 bits per heavy atom. The number of nitrogens with zero attached hydrogens (tertiary/aromatic N) is 1. The number of hydrogen-bond acceptors (Lipinski definition) is 4. The van der Waals surface area contributed by atoms with Gasteiger partial charge in [-0.3, -0.25) is 4.98 Å². The smallest absolute Gasteiger partial charge is 0.213 e. The third-order valence-corrected chi connectivity index (χ3v) is 4.64. The Hall–Kier alpha value is -0.980. The van der Waals surface area contributed by atoms with Gasteiger partial charge in [-0.15, -0.1) is 0 Å². The first-order valence-electron chi connectivity index (χ1n) is 6.17. The number of aryl methyl sites for hydroxylation is 1. The molecule has 0 bridgehead atoms. The molecule has 0 spiro atoms. The molecule has 1 saturated heterocycles. The van der Waals surface area contributed by atoms with Crippen LogP contribution in [0.25, 0.3) is 0 Å². The van der Waals surface area contributed by atoms with E-state index in [1.165, 1.54) is 0 Å². The lowest BCUT2D eigenvalue weighted by Gasteiger charge is -2.12. The van der Waals surface area contributed by atoms with Gasteiger partial charge in [0.1, 0.15) is 0 Å². The summed E-state index contributed by atoms with van der Waals surface area (Å²) in [4.78, 5) is 4.00. The molecule has 18 heavy (non-hydrogen) atoms. The maximum atomic E-state index is 11.9. The van der Waals surface area contributed by atoms with Crippen molar-refractivity contribution in [3.05, 3.63) is 29.6 Å². The number of rotatable bonds is 5. The quantitative estimate of drug-likeness (QED) is 0.819. The van der Waals surface area contributed by atoms with Crippen molar-refractivity contribution >= 4 is 10.0 Å². The van der Waals surface area contributed by atoms with Gasteiger partial charge < -0.3 is 5.32 Å². The summed E-state index contributed by atoms with van der Waals surface area (Å²) in [6.45, 7) is 3.18. The zero-order valence-corrected chi connectivity index (χ0v) is 11.3. The summed E-state index contributed by atoms with van der Waals surface area (Å²) >= 11 is 0. The number of sulfonamides is 1. The Morgan fingerprint density at radius 3 is 3.06 bits per heavy atom. The third-order valence-electron chi connectivity index (χ3n) is 3.21. The lowest BCUT2D eigenvalue weighted by molar-refractivity contribution is 0.563. The molecule has 0 amide bonds. The molecule has 6 heteroatoms. The third kappa shape index (κ3) is 3.76. The highest BCUT2D eigenvalue weighted by Gasteiger charge is 2.21. The van der Waals surface area contributed by atoms with Gasteiger partial charge in [-0.2, -0.15) is 0 Å². The molecule has 0 saturated carbocycles. The lowest BCUT2D eigenvalue weighted by Crippen LogP contribution is -2.36. The Morgan fingerprint density at radius 2 is 2.39 bits per heavy atom. The van der Waals surface area contributed by atoms with Crippen LogP contribution in [-0.4, -0.2) is 31.7 Å². The Bertz CT molecular complexity index is 496. The molecule has 1 atom stereocenters. The number of pyridine rings is 1. The zero-order chi connectivity index (χ0) is 13.0. The monoisotopic (exact) mass is 269 g/mol. The van der Waals surface area contributed by atoms with Crippen molar-refractivity contribution in [2.45, 2.75) is 32.4 Å². The van der Waals surface area contributed by atoms with E-state index in [0.717, 1.165) is 30.5 Å². The molecule has 2 rings (SSSR count). The summed E-state index contributed by atoms with van der Waals surface area (Å²) in [5.74, 6) is 0.159. The normalized spacial score (nSPS) is 20.2. The van der Waals surface area contributed by atoms with Crippen molar-refractivity contribution in [3.8, 4) is 0 Å². The average Bonchev–Trinajstić information content (AvgIpc) is 2.80. The largest absolute Gasteiger partial charge is 0.313 e. The molecule has 1 aromatic rings. The van der Waals surface area contributed by atoms with Crippen LogP contribution in [0, 0.1) is 6.92 Å². The maximum absolute atomic E-state index is 11.9. The van der Waals surface area contributed by atoms with Gasteiger partial charge in [0.05, 0.1) is 5.75 Å². The van der Waals surface area contributed by atoms with Gasteiger partial charge in [0, 0.05) is 25.0 Å². The molecule has 1 aliphatic heterocycles. The van der Waals surface area contributed by atoms with Gasteiger partial charge in [0.15, 0.2) is 0 Å². The van der Waals surface area contributed by atoms with Gasteiger partial charge in [0.25, 0.3) is 0 Å². The summed E-state index contributed by atoms with van der Waals surface area (Å²) in [5, 5.41) is 3.19. The summed E-state index contributed by atoms with van der Waals surface area (Å²) in [5.41, 5.74) is 1.96. The van der Waals surface area contributed by atoms with E-state index in [0.29, 0.717) is 6.54 Å². The van der Waals surface area contributed by atoms with Crippen LogP contribution in [0.4, 0.5) is 0 Å². The molecule has 5 nitrogen and oxygen atoms in total. The number of hydrogen-bond donors (Lipinski definition) is 2. The SMILES string of the molecule is Cc1ccncc1CNS(=O)(=O)CC1CCCN1. The Balaban J connectivity index is 1.90. The first kappa shape index (κ1) is 13.5. The standard InChI is InChI=1S/C12H19N3O2S/c1-10-4-6-13-7-11(10)8-15-18(16,17)9-12-3-2-5-14-12/h4,6-7,12,14-15H,2-3,5,8-9H2,1H3. The minimum Gasteiger partial charge on any atom is -0.313 e. The second-order valence-corrected chi connectivity index (χ2v) is 6.55. The highest BCUT2D eigenvalue weighted by Crippen LogP contribution is 2.08. The van der Waals surface area contributed by atoms with Crippen LogP contribution in [-0.2, 0) is 16.6 Å². The van der Waals surface area contributed by atoms with Crippen LogP contribution in [0.5, 0.6) is 0 Å². The first-order chi connectivity index (χ1) is 8.57. The second kappa shape index (κ2) is 5.77. The van der Waals surface area contributed by atoms with E-state index in [4.69, 9.17) is 0 Å². The van der Waals surface area contributed by atoms with E-state index < -0.39 is 10.0 Å². The van der Waals surface area contributed by atoms with Crippen LogP contribution < -0.4 is 10.0 Å². The van der Waals surface area contributed by atoms with Crippen molar-refractivity contribution in [2.24, 2.45) is 0 Å². The fraction of sp³-hybridized carbons (Fsp3) is 0.583.